The molecule has 0 radical (unpaired) electrons. The van der Waals surface area contributed by atoms with Crippen LogP contribution >= 0.6 is 0 Å². The lowest BCUT2D eigenvalue weighted by atomic mass is 9.70. The SMILES string of the molecule is Cc1ccc2c(c1)C(CCCCCc1ccc3c(c1)CC3)(CCCCCc1ccc3c(c1)CC3)c1cc(C)ccc1-2. The van der Waals surface area contributed by atoms with Crippen molar-refractivity contribution in [2.45, 2.75) is 109 Å². The van der Waals surface area contributed by atoms with Crippen molar-refractivity contribution < 1.29 is 0 Å². The molecule has 0 spiro atoms. The maximum absolute atomic E-state index is 2.54. The minimum absolute atomic E-state index is 0.161. The third kappa shape index (κ3) is 5.20. The van der Waals surface area contributed by atoms with E-state index in [1.165, 1.54) is 112 Å². The maximum Gasteiger partial charge on any atom is 0.0215 e. The maximum atomic E-state index is 2.54. The number of rotatable bonds is 12. The van der Waals surface area contributed by atoms with Crippen LogP contribution in [0.1, 0.15) is 107 Å². The Kier molecular flexibility index (Phi) is 7.36. The summed E-state index contributed by atoms with van der Waals surface area (Å²) in [7, 11) is 0. The lowest BCUT2D eigenvalue weighted by molar-refractivity contribution is 0.401. The van der Waals surface area contributed by atoms with Crippen molar-refractivity contribution in [2.75, 3.05) is 0 Å². The summed E-state index contributed by atoms with van der Waals surface area (Å²) < 4.78 is 0. The molecule has 0 bridgehead atoms. The van der Waals surface area contributed by atoms with Crippen LogP contribution in [0.25, 0.3) is 11.1 Å². The van der Waals surface area contributed by atoms with Crippen LogP contribution in [-0.4, -0.2) is 0 Å². The lowest BCUT2D eigenvalue weighted by Gasteiger charge is -2.33. The molecular formula is C41H46. The summed E-state index contributed by atoms with van der Waals surface area (Å²) in [5.74, 6) is 0. The van der Waals surface area contributed by atoms with E-state index in [2.05, 4.69) is 86.6 Å². The van der Waals surface area contributed by atoms with Crippen molar-refractivity contribution in [3.8, 4) is 11.1 Å². The topological polar surface area (TPSA) is 0 Å². The molecule has 0 aromatic heterocycles. The molecule has 0 N–H and O–H groups in total. The van der Waals surface area contributed by atoms with E-state index in [0.29, 0.717) is 0 Å². The van der Waals surface area contributed by atoms with Gasteiger partial charge in [-0.1, -0.05) is 110 Å². The first-order valence-electron chi connectivity index (χ1n) is 16.5. The van der Waals surface area contributed by atoms with E-state index in [4.69, 9.17) is 0 Å². The van der Waals surface area contributed by atoms with Gasteiger partial charge in [-0.25, -0.2) is 0 Å². The fourth-order valence-corrected chi connectivity index (χ4v) is 8.06. The Labute approximate surface area is 248 Å². The second kappa shape index (κ2) is 11.3. The monoisotopic (exact) mass is 538 g/mol. The van der Waals surface area contributed by atoms with Crippen molar-refractivity contribution >= 4 is 0 Å². The Hall–Kier alpha value is -3.12. The first-order chi connectivity index (χ1) is 20.1. The molecule has 3 aliphatic carbocycles. The van der Waals surface area contributed by atoms with Gasteiger partial charge in [0.05, 0.1) is 0 Å². The number of unbranched alkanes of at least 4 members (excludes halogenated alkanes) is 4. The second-order valence-corrected chi connectivity index (χ2v) is 13.5. The second-order valence-electron chi connectivity index (χ2n) is 13.5. The summed E-state index contributed by atoms with van der Waals surface area (Å²) in [5, 5.41) is 0. The van der Waals surface area contributed by atoms with Crippen LogP contribution in [-0.2, 0) is 43.9 Å². The molecule has 4 aromatic carbocycles. The Balaban J connectivity index is 1.05. The largest absolute Gasteiger partial charge is 0.0588 e. The quantitative estimate of drug-likeness (QED) is 0.157. The smallest absolute Gasteiger partial charge is 0.0215 e. The van der Waals surface area contributed by atoms with Crippen LogP contribution in [0, 0.1) is 13.8 Å². The average Bonchev–Trinajstić information content (AvgIpc) is 3.19. The van der Waals surface area contributed by atoms with Gasteiger partial charge in [0, 0.05) is 5.41 Å². The molecule has 0 aliphatic heterocycles. The molecule has 0 nitrogen and oxygen atoms in total. The van der Waals surface area contributed by atoms with Gasteiger partial charge in [0.15, 0.2) is 0 Å². The molecule has 4 aromatic rings. The van der Waals surface area contributed by atoms with Crippen molar-refractivity contribution in [2.24, 2.45) is 0 Å². The summed E-state index contributed by atoms with van der Waals surface area (Å²) >= 11 is 0. The molecule has 0 saturated carbocycles. The van der Waals surface area contributed by atoms with E-state index in [9.17, 15) is 0 Å². The van der Waals surface area contributed by atoms with Crippen molar-refractivity contribution in [3.63, 3.8) is 0 Å². The highest BCUT2D eigenvalue weighted by Crippen LogP contribution is 2.54. The molecule has 0 amide bonds. The van der Waals surface area contributed by atoms with Gasteiger partial charge in [0.2, 0.25) is 0 Å². The molecule has 0 heterocycles. The van der Waals surface area contributed by atoms with Gasteiger partial charge in [-0.2, -0.15) is 0 Å². The number of hydrogen-bond acceptors (Lipinski definition) is 0. The molecule has 0 saturated heterocycles. The summed E-state index contributed by atoms with van der Waals surface area (Å²) in [4.78, 5) is 0. The summed E-state index contributed by atoms with van der Waals surface area (Å²) in [6.45, 7) is 4.56. The van der Waals surface area contributed by atoms with Crippen LogP contribution in [0.2, 0.25) is 0 Å². The van der Waals surface area contributed by atoms with Gasteiger partial charge in [-0.05, 0) is 134 Å². The zero-order valence-electron chi connectivity index (χ0n) is 25.3. The molecule has 0 fully saturated rings. The molecule has 0 unspecified atom stereocenters. The molecule has 0 heteroatoms. The number of aryl methyl sites for hydroxylation is 8. The zero-order chi connectivity index (χ0) is 27.8. The van der Waals surface area contributed by atoms with Gasteiger partial charge in [0.1, 0.15) is 0 Å². The lowest BCUT2D eigenvalue weighted by Crippen LogP contribution is -2.26. The fraction of sp³-hybridized carbons (Fsp3) is 0.415. The van der Waals surface area contributed by atoms with Crippen LogP contribution in [0.15, 0.2) is 72.8 Å². The van der Waals surface area contributed by atoms with Gasteiger partial charge >= 0.3 is 0 Å². The van der Waals surface area contributed by atoms with E-state index >= 15 is 0 Å². The van der Waals surface area contributed by atoms with Gasteiger partial charge < -0.3 is 0 Å². The van der Waals surface area contributed by atoms with Crippen LogP contribution in [0.4, 0.5) is 0 Å². The number of fused-ring (bicyclic) bond motifs is 5. The third-order valence-corrected chi connectivity index (χ3v) is 10.7. The van der Waals surface area contributed by atoms with Crippen molar-refractivity contribution in [3.05, 3.63) is 128 Å². The third-order valence-electron chi connectivity index (χ3n) is 10.7. The Morgan fingerprint density at radius 1 is 0.463 bits per heavy atom. The number of hydrogen-bond donors (Lipinski definition) is 0. The molecule has 3 aliphatic rings. The molecule has 41 heavy (non-hydrogen) atoms. The Morgan fingerprint density at radius 3 is 1.34 bits per heavy atom. The average molecular weight is 539 g/mol. The zero-order valence-corrected chi connectivity index (χ0v) is 25.3. The highest BCUT2D eigenvalue weighted by atomic mass is 14.4. The van der Waals surface area contributed by atoms with E-state index in [1.54, 1.807) is 44.5 Å². The van der Waals surface area contributed by atoms with Crippen LogP contribution in [0.5, 0.6) is 0 Å². The fourth-order valence-electron chi connectivity index (χ4n) is 8.06. The van der Waals surface area contributed by atoms with E-state index in [0.717, 1.165) is 0 Å². The van der Waals surface area contributed by atoms with E-state index in [-0.39, 0.29) is 5.41 Å². The minimum atomic E-state index is 0.161. The van der Waals surface area contributed by atoms with Crippen LogP contribution < -0.4 is 0 Å². The summed E-state index contributed by atoms with van der Waals surface area (Å²) in [6.07, 6.45) is 18.0. The Morgan fingerprint density at radius 2 is 0.927 bits per heavy atom. The number of benzene rings is 4. The highest BCUT2D eigenvalue weighted by molar-refractivity contribution is 5.81. The molecule has 7 rings (SSSR count). The van der Waals surface area contributed by atoms with E-state index in [1.807, 2.05) is 0 Å². The van der Waals surface area contributed by atoms with Crippen LogP contribution in [0.3, 0.4) is 0 Å². The molecular weight excluding hydrogens is 492 g/mol. The van der Waals surface area contributed by atoms with Crippen molar-refractivity contribution in [1.82, 2.24) is 0 Å². The first kappa shape index (κ1) is 26.8. The highest BCUT2D eigenvalue weighted by Gasteiger charge is 2.42. The van der Waals surface area contributed by atoms with Gasteiger partial charge in [-0.3, -0.25) is 0 Å². The standard InChI is InChI=1S/C41H46/c1-29-11-21-37-38-22-12-30(2)26-40(38)41(39(37)25-29,23-7-3-5-9-31-13-15-33-17-19-35(33)27-31)24-8-4-6-10-32-14-16-34-18-20-36(34)28-32/h11-16,21-22,25-28H,3-10,17-20,23-24H2,1-2H3. The van der Waals surface area contributed by atoms with E-state index < -0.39 is 0 Å². The first-order valence-corrected chi connectivity index (χ1v) is 16.5. The molecule has 0 atom stereocenters. The Bertz CT molecular complexity index is 1450. The molecule has 210 valence electrons. The predicted octanol–water partition coefficient (Wildman–Crippen LogP) is 10.4. The van der Waals surface area contributed by atoms with Gasteiger partial charge in [-0.15, -0.1) is 0 Å². The summed E-state index contributed by atoms with van der Waals surface area (Å²) in [6, 6.07) is 29.0. The minimum Gasteiger partial charge on any atom is -0.0588 e. The predicted molar refractivity (Wildman–Crippen MR) is 174 cm³/mol. The van der Waals surface area contributed by atoms with Gasteiger partial charge in [0.25, 0.3) is 0 Å². The summed E-state index contributed by atoms with van der Waals surface area (Å²) in [5.41, 5.74) is 18.6. The normalized spacial score (nSPS) is 15.4. The van der Waals surface area contributed by atoms with Crippen molar-refractivity contribution in [1.29, 1.82) is 0 Å².